The van der Waals surface area contributed by atoms with Gasteiger partial charge in [0, 0.05) is 18.0 Å². The van der Waals surface area contributed by atoms with Crippen LogP contribution in [0.1, 0.15) is 30.9 Å². The number of carbonyl (C=O) groups is 1. The second kappa shape index (κ2) is 8.64. The molecule has 166 valence electrons. The summed E-state index contributed by atoms with van der Waals surface area (Å²) in [5.41, 5.74) is 1.03. The first-order valence-corrected chi connectivity index (χ1v) is 11.3. The maximum Gasteiger partial charge on any atom is 0.261 e. The number of hydrogen-bond donors (Lipinski definition) is 0. The van der Waals surface area contributed by atoms with E-state index in [4.69, 9.17) is 32.7 Å². The Labute approximate surface area is 194 Å². The van der Waals surface area contributed by atoms with E-state index >= 15 is 0 Å². The molecule has 1 fully saturated rings. The zero-order valence-corrected chi connectivity index (χ0v) is 18.7. The maximum absolute atomic E-state index is 13.2. The van der Waals surface area contributed by atoms with Crippen molar-refractivity contribution in [3.05, 3.63) is 62.6 Å². The minimum absolute atomic E-state index is 0.0762. The van der Waals surface area contributed by atoms with Gasteiger partial charge in [0.15, 0.2) is 11.5 Å². The van der Waals surface area contributed by atoms with Crippen molar-refractivity contribution in [2.45, 2.75) is 31.8 Å². The molecule has 2 aliphatic rings. The lowest BCUT2D eigenvalue weighted by Crippen LogP contribution is -2.36. The molecular weight excluding hydrogens is 453 g/mol. The van der Waals surface area contributed by atoms with Gasteiger partial charge in [-0.15, -0.1) is 0 Å². The smallest absolute Gasteiger partial charge is 0.261 e. The Morgan fingerprint density at radius 1 is 1.09 bits per heavy atom. The highest BCUT2D eigenvalue weighted by atomic mass is 35.5. The first kappa shape index (κ1) is 21.1. The van der Waals surface area contributed by atoms with Gasteiger partial charge in [-0.05, 0) is 42.7 Å². The zero-order chi connectivity index (χ0) is 22.2. The van der Waals surface area contributed by atoms with Crippen molar-refractivity contribution in [1.82, 2.24) is 14.5 Å². The molecule has 2 aromatic carbocycles. The summed E-state index contributed by atoms with van der Waals surface area (Å²) in [4.78, 5) is 32.2. The zero-order valence-electron chi connectivity index (χ0n) is 17.2. The van der Waals surface area contributed by atoms with Crippen LogP contribution < -0.4 is 15.0 Å². The number of rotatable bonds is 3. The van der Waals surface area contributed by atoms with Crippen LogP contribution >= 0.6 is 23.2 Å². The number of amides is 1. The maximum atomic E-state index is 13.2. The van der Waals surface area contributed by atoms with Crippen molar-refractivity contribution in [1.29, 1.82) is 0 Å². The monoisotopic (exact) mass is 473 g/mol. The number of benzene rings is 2. The molecule has 1 unspecified atom stereocenters. The third-order valence-electron chi connectivity index (χ3n) is 5.88. The molecule has 0 bridgehead atoms. The number of carbonyl (C=O) groups excluding carboxylic acids is 1. The van der Waals surface area contributed by atoms with E-state index in [1.54, 1.807) is 0 Å². The van der Waals surface area contributed by atoms with Gasteiger partial charge in [-0.2, -0.15) is 0 Å². The molecule has 7 nitrogen and oxygen atoms in total. The molecule has 3 heterocycles. The number of fused-ring (bicyclic) bond motifs is 2. The third kappa shape index (κ3) is 3.91. The average Bonchev–Trinajstić information content (AvgIpc) is 3.15. The Bertz CT molecular complexity index is 1260. The second-order valence-corrected chi connectivity index (χ2v) is 8.81. The van der Waals surface area contributed by atoms with Crippen molar-refractivity contribution >= 4 is 40.0 Å². The molecule has 3 aromatic rings. The molecule has 9 heteroatoms. The van der Waals surface area contributed by atoms with Gasteiger partial charge in [0.05, 0.1) is 41.5 Å². The molecule has 1 saturated heterocycles. The Kier molecular flexibility index (Phi) is 5.69. The lowest BCUT2D eigenvalue weighted by atomic mass is 10.0. The second-order valence-electron chi connectivity index (χ2n) is 7.96. The van der Waals surface area contributed by atoms with E-state index in [2.05, 4.69) is 4.98 Å². The first-order chi connectivity index (χ1) is 15.5. The van der Waals surface area contributed by atoms with Gasteiger partial charge >= 0.3 is 0 Å². The van der Waals surface area contributed by atoms with Crippen molar-refractivity contribution in [3.8, 4) is 11.5 Å². The predicted octanol–water partition coefficient (Wildman–Crippen LogP) is 4.23. The summed E-state index contributed by atoms with van der Waals surface area (Å²) >= 11 is 12.2. The fraction of sp³-hybridized carbons (Fsp3) is 0.348. The van der Waals surface area contributed by atoms with Crippen LogP contribution in [-0.2, 0) is 11.3 Å². The van der Waals surface area contributed by atoms with E-state index in [9.17, 15) is 9.59 Å². The fourth-order valence-corrected chi connectivity index (χ4v) is 4.89. The molecule has 1 amide bonds. The Balaban J connectivity index is 1.40. The molecule has 0 radical (unpaired) electrons. The quantitative estimate of drug-likeness (QED) is 0.568. The van der Waals surface area contributed by atoms with E-state index < -0.39 is 0 Å². The summed E-state index contributed by atoms with van der Waals surface area (Å²) in [6, 6.07) is 8.84. The number of hydrogen-bond acceptors (Lipinski definition) is 5. The molecule has 32 heavy (non-hydrogen) atoms. The molecule has 0 N–H and O–H groups in total. The standard InChI is InChI=1S/C23H21Cl2N3O4/c24-15-10-16-22(17(25)11-15)26-13-27(23(16)30)12-21(29)28-6-1-3-18(28)14-4-5-19-20(9-14)32-8-2-7-31-19/h4-5,9-11,13,18H,1-3,6-8,12H2. The number of nitrogens with zero attached hydrogens (tertiary/aromatic N) is 3. The van der Waals surface area contributed by atoms with Crippen LogP contribution in [0.15, 0.2) is 41.5 Å². The summed E-state index contributed by atoms with van der Waals surface area (Å²) < 4.78 is 12.8. The summed E-state index contributed by atoms with van der Waals surface area (Å²) in [7, 11) is 0. The molecule has 0 saturated carbocycles. The van der Waals surface area contributed by atoms with Gasteiger partial charge in [0.1, 0.15) is 6.54 Å². The molecule has 5 rings (SSSR count). The average molecular weight is 474 g/mol. The first-order valence-electron chi connectivity index (χ1n) is 10.5. The minimum atomic E-state index is -0.348. The normalized spacial score (nSPS) is 18.1. The van der Waals surface area contributed by atoms with Crippen molar-refractivity contribution in [2.24, 2.45) is 0 Å². The van der Waals surface area contributed by atoms with E-state index in [0.717, 1.165) is 30.6 Å². The van der Waals surface area contributed by atoms with Crippen LogP contribution in [0.25, 0.3) is 10.9 Å². The summed E-state index contributed by atoms with van der Waals surface area (Å²) in [6.45, 7) is 1.76. The largest absolute Gasteiger partial charge is 0.490 e. The molecule has 0 aliphatic carbocycles. The van der Waals surface area contributed by atoms with Gasteiger partial charge in [-0.25, -0.2) is 4.98 Å². The topological polar surface area (TPSA) is 73.7 Å². The number of likely N-dealkylation sites (tertiary alicyclic amines) is 1. The van der Waals surface area contributed by atoms with Gasteiger partial charge < -0.3 is 14.4 Å². The van der Waals surface area contributed by atoms with Gasteiger partial charge in [0.2, 0.25) is 5.91 Å². The minimum Gasteiger partial charge on any atom is -0.490 e. The van der Waals surface area contributed by atoms with E-state index in [1.807, 2.05) is 23.1 Å². The van der Waals surface area contributed by atoms with Crippen LogP contribution in [-0.4, -0.2) is 40.1 Å². The molecule has 0 spiro atoms. The molecule has 2 aliphatic heterocycles. The Hall–Kier alpha value is -2.77. The van der Waals surface area contributed by atoms with Gasteiger partial charge in [0.25, 0.3) is 5.56 Å². The Morgan fingerprint density at radius 2 is 1.91 bits per heavy atom. The number of aromatic nitrogens is 2. The molecule has 1 atom stereocenters. The van der Waals surface area contributed by atoms with Crippen LogP contribution in [0.5, 0.6) is 11.5 Å². The highest BCUT2D eigenvalue weighted by molar-refractivity contribution is 6.38. The highest BCUT2D eigenvalue weighted by Gasteiger charge is 2.31. The van der Waals surface area contributed by atoms with Crippen molar-refractivity contribution < 1.29 is 14.3 Å². The summed E-state index contributed by atoms with van der Waals surface area (Å²) in [6.07, 6.45) is 3.94. The van der Waals surface area contributed by atoms with E-state index in [-0.39, 0.29) is 24.1 Å². The molecular formula is C23H21Cl2N3O4. The van der Waals surface area contributed by atoms with Gasteiger partial charge in [-0.3, -0.25) is 14.2 Å². The third-order valence-corrected chi connectivity index (χ3v) is 6.39. The van der Waals surface area contributed by atoms with Crippen LogP contribution in [0.3, 0.4) is 0 Å². The van der Waals surface area contributed by atoms with E-state index in [1.165, 1.54) is 23.0 Å². The molecule has 1 aromatic heterocycles. The van der Waals surface area contributed by atoms with E-state index in [0.29, 0.717) is 46.5 Å². The predicted molar refractivity (Wildman–Crippen MR) is 122 cm³/mol. The van der Waals surface area contributed by atoms with Gasteiger partial charge in [-0.1, -0.05) is 29.3 Å². The lowest BCUT2D eigenvalue weighted by molar-refractivity contribution is -0.132. The summed E-state index contributed by atoms with van der Waals surface area (Å²) in [5.74, 6) is 1.30. The van der Waals surface area contributed by atoms with Crippen LogP contribution in [0.2, 0.25) is 10.0 Å². The van der Waals surface area contributed by atoms with Crippen LogP contribution in [0.4, 0.5) is 0 Å². The SMILES string of the molecule is O=C(Cn1cnc2c(Cl)cc(Cl)cc2c1=O)N1CCCC1c1ccc2c(c1)OCCCO2. The van der Waals surface area contributed by atoms with Crippen LogP contribution in [0, 0.1) is 0 Å². The Morgan fingerprint density at radius 3 is 2.75 bits per heavy atom. The number of halogens is 2. The van der Waals surface area contributed by atoms with Crippen molar-refractivity contribution in [2.75, 3.05) is 19.8 Å². The lowest BCUT2D eigenvalue weighted by Gasteiger charge is -2.26. The fourth-order valence-electron chi connectivity index (χ4n) is 4.34. The summed E-state index contributed by atoms with van der Waals surface area (Å²) in [5, 5.41) is 0.940. The number of ether oxygens (including phenoxy) is 2. The van der Waals surface area contributed by atoms with Crippen molar-refractivity contribution in [3.63, 3.8) is 0 Å². The highest BCUT2D eigenvalue weighted by Crippen LogP contribution is 2.38.